The second-order valence-electron chi connectivity index (χ2n) is 6.91. The van der Waals surface area contributed by atoms with Crippen LogP contribution in [-0.4, -0.2) is 10.9 Å². The van der Waals surface area contributed by atoms with Gasteiger partial charge in [0.15, 0.2) is 5.43 Å². The van der Waals surface area contributed by atoms with E-state index in [4.69, 9.17) is 4.42 Å². The third-order valence-corrected chi connectivity index (χ3v) is 5.19. The van der Waals surface area contributed by atoms with E-state index in [2.05, 4.69) is 4.98 Å². The Morgan fingerprint density at radius 3 is 2.55 bits per heavy atom. The van der Waals surface area contributed by atoms with Crippen LogP contribution in [-0.2, 0) is 0 Å². The molecule has 3 heterocycles. The van der Waals surface area contributed by atoms with Crippen molar-refractivity contribution in [3.63, 3.8) is 0 Å². The number of aromatic nitrogens is 1. The number of para-hydroxylation sites is 1. The maximum Gasteiger partial charge on any atom is 0.296 e. The Morgan fingerprint density at radius 2 is 1.76 bits per heavy atom. The molecule has 5 rings (SSSR count). The highest BCUT2D eigenvalue weighted by atomic mass is 19.1. The molecule has 2 aromatic carbocycles. The highest BCUT2D eigenvalue weighted by Crippen LogP contribution is 2.41. The van der Waals surface area contributed by atoms with Crippen molar-refractivity contribution in [1.29, 1.82) is 0 Å². The van der Waals surface area contributed by atoms with E-state index in [9.17, 15) is 14.0 Å². The van der Waals surface area contributed by atoms with Gasteiger partial charge in [0.1, 0.15) is 17.2 Å². The zero-order valence-electron chi connectivity index (χ0n) is 15.4. The zero-order valence-corrected chi connectivity index (χ0v) is 15.4. The van der Waals surface area contributed by atoms with Crippen molar-refractivity contribution < 1.29 is 13.6 Å². The number of benzene rings is 2. The van der Waals surface area contributed by atoms with Gasteiger partial charge >= 0.3 is 0 Å². The van der Waals surface area contributed by atoms with Gasteiger partial charge in [0, 0.05) is 11.8 Å². The minimum atomic E-state index is -0.965. The first kappa shape index (κ1) is 17.3. The molecule has 0 spiro atoms. The van der Waals surface area contributed by atoms with Crippen LogP contribution in [0.3, 0.4) is 0 Å². The summed E-state index contributed by atoms with van der Waals surface area (Å²) in [4.78, 5) is 32.4. The Labute approximate surface area is 165 Å². The number of anilines is 1. The average Bonchev–Trinajstić information content (AvgIpc) is 3.01. The first-order chi connectivity index (χ1) is 14.1. The number of rotatable bonds is 2. The second kappa shape index (κ2) is 6.38. The maximum absolute atomic E-state index is 14.8. The summed E-state index contributed by atoms with van der Waals surface area (Å²) in [5, 5.41) is 0.347. The zero-order chi connectivity index (χ0) is 20.1. The van der Waals surface area contributed by atoms with Gasteiger partial charge in [-0.15, -0.1) is 0 Å². The molecule has 0 bridgehead atoms. The summed E-state index contributed by atoms with van der Waals surface area (Å²) in [5.41, 5.74) is 1.04. The van der Waals surface area contributed by atoms with Crippen LogP contribution < -0.4 is 10.3 Å². The van der Waals surface area contributed by atoms with E-state index < -0.39 is 17.8 Å². The van der Waals surface area contributed by atoms with Crippen molar-refractivity contribution in [2.45, 2.75) is 13.0 Å². The van der Waals surface area contributed by atoms with Gasteiger partial charge < -0.3 is 4.42 Å². The highest BCUT2D eigenvalue weighted by molar-refractivity contribution is 6.10. The molecule has 0 fully saturated rings. The summed E-state index contributed by atoms with van der Waals surface area (Å²) in [6, 6.07) is 15.4. The third kappa shape index (κ3) is 2.49. The molecule has 0 radical (unpaired) electrons. The summed E-state index contributed by atoms with van der Waals surface area (Å²) < 4.78 is 20.6. The number of fused-ring (bicyclic) bond motifs is 2. The molecule has 0 saturated carbocycles. The second-order valence-corrected chi connectivity index (χ2v) is 6.91. The van der Waals surface area contributed by atoms with E-state index in [1.165, 1.54) is 11.0 Å². The van der Waals surface area contributed by atoms with Gasteiger partial charge in [-0.3, -0.25) is 14.5 Å². The van der Waals surface area contributed by atoms with Gasteiger partial charge in [-0.2, -0.15) is 0 Å². The van der Waals surface area contributed by atoms with Gasteiger partial charge in [-0.1, -0.05) is 36.4 Å². The van der Waals surface area contributed by atoms with Crippen LogP contribution in [0.2, 0.25) is 0 Å². The van der Waals surface area contributed by atoms with E-state index in [1.54, 1.807) is 54.7 Å². The molecule has 0 saturated heterocycles. The molecule has 6 heteroatoms. The molecule has 2 aromatic heterocycles. The number of carbonyl (C=O) groups is 1. The lowest BCUT2D eigenvalue weighted by Crippen LogP contribution is -2.31. The van der Waals surface area contributed by atoms with Crippen LogP contribution >= 0.6 is 0 Å². The van der Waals surface area contributed by atoms with E-state index in [0.29, 0.717) is 16.8 Å². The fourth-order valence-electron chi connectivity index (χ4n) is 3.86. The quantitative estimate of drug-likeness (QED) is 0.513. The minimum absolute atomic E-state index is 0.0768. The van der Waals surface area contributed by atoms with Crippen molar-refractivity contribution in [3.8, 4) is 0 Å². The summed E-state index contributed by atoms with van der Waals surface area (Å²) in [7, 11) is 0. The molecule has 1 aliphatic heterocycles. The first-order valence-corrected chi connectivity index (χ1v) is 9.13. The fourth-order valence-corrected chi connectivity index (χ4v) is 3.86. The standard InChI is InChI=1S/C23H15FN2O3/c1-13-7-6-12-25-22(13)26-19(14-8-2-4-10-16(14)24)18-20(27)15-9-3-5-11-17(15)29-21(18)23(26)28/h2-12,19H,1H3. The van der Waals surface area contributed by atoms with E-state index >= 15 is 0 Å². The largest absolute Gasteiger partial charge is 0.450 e. The van der Waals surface area contributed by atoms with Crippen LogP contribution in [0.25, 0.3) is 11.0 Å². The summed E-state index contributed by atoms with van der Waals surface area (Å²) in [6.45, 7) is 1.81. The fraction of sp³-hybridized carbons (Fsp3) is 0.0870. The van der Waals surface area contributed by atoms with Crippen LogP contribution in [0.1, 0.15) is 33.3 Å². The van der Waals surface area contributed by atoms with E-state index in [1.807, 2.05) is 13.0 Å². The molecule has 1 atom stereocenters. The summed E-state index contributed by atoms with van der Waals surface area (Å²) in [5.74, 6) is -0.741. The number of pyridine rings is 1. The van der Waals surface area contributed by atoms with Crippen molar-refractivity contribution >= 4 is 22.7 Å². The molecule has 1 unspecified atom stereocenters. The normalized spacial score (nSPS) is 15.7. The van der Waals surface area contributed by atoms with Crippen molar-refractivity contribution in [3.05, 3.63) is 105 Å². The Kier molecular flexibility index (Phi) is 3.81. The molecule has 0 aliphatic carbocycles. The van der Waals surface area contributed by atoms with Gasteiger partial charge in [0.05, 0.1) is 17.0 Å². The minimum Gasteiger partial charge on any atom is -0.450 e. The van der Waals surface area contributed by atoms with Crippen molar-refractivity contribution in [1.82, 2.24) is 4.98 Å². The molecule has 1 amide bonds. The SMILES string of the molecule is Cc1cccnc1N1C(=O)c2oc3ccccc3c(=O)c2C1c1ccccc1F. The molecule has 142 valence electrons. The van der Waals surface area contributed by atoms with Gasteiger partial charge in [-0.05, 0) is 36.8 Å². The summed E-state index contributed by atoms with van der Waals surface area (Å²) in [6.07, 6.45) is 1.56. The number of halogens is 1. The maximum atomic E-state index is 14.8. The molecule has 4 aromatic rings. The topological polar surface area (TPSA) is 63.4 Å². The number of nitrogens with zero attached hydrogens (tertiary/aromatic N) is 2. The smallest absolute Gasteiger partial charge is 0.296 e. The third-order valence-electron chi connectivity index (χ3n) is 5.19. The van der Waals surface area contributed by atoms with Crippen molar-refractivity contribution in [2.24, 2.45) is 0 Å². The Morgan fingerprint density at radius 1 is 1.00 bits per heavy atom. The molecule has 5 nitrogen and oxygen atoms in total. The highest BCUT2D eigenvalue weighted by Gasteiger charge is 2.45. The van der Waals surface area contributed by atoms with Gasteiger partial charge in [0.2, 0.25) is 5.76 Å². The number of hydrogen-bond acceptors (Lipinski definition) is 4. The molecule has 0 N–H and O–H groups in total. The predicted molar refractivity (Wildman–Crippen MR) is 107 cm³/mol. The molecule has 29 heavy (non-hydrogen) atoms. The van der Waals surface area contributed by atoms with Crippen LogP contribution in [0.5, 0.6) is 0 Å². The summed E-state index contributed by atoms with van der Waals surface area (Å²) >= 11 is 0. The Bertz CT molecular complexity index is 1350. The van der Waals surface area contributed by atoms with Crippen molar-refractivity contribution in [2.75, 3.05) is 4.90 Å². The van der Waals surface area contributed by atoms with E-state index in [0.717, 1.165) is 5.56 Å². The number of carbonyl (C=O) groups excluding carboxylic acids is 1. The Balaban J connectivity index is 1.87. The van der Waals surface area contributed by atoms with E-state index in [-0.39, 0.29) is 22.3 Å². The molecular formula is C23H15FN2O3. The van der Waals surface area contributed by atoms with Gasteiger partial charge in [-0.25, -0.2) is 9.37 Å². The van der Waals surface area contributed by atoms with Crippen LogP contribution in [0, 0.1) is 12.7 Å². The Hall–Kier alpha value is -3.80. The van der Waals surface area contributed by atoms with Crippen LogP contribution in [0.4, 0.5) is 10.2 Å². The molecular weight excluding hydrogens is 371 g/mol. The molecule has 1 aliphatic rings. The predicted octanol–water partition coefficient (Wildman–Crippen LogP) is 4.39. The monoisotopic (exact) mass is 386 g/mol. The van der Waals surface area contributed by atoms with Crippen LogP contribution in [0.15, 0.2) is 76.1 Å². The number of hydrogen-bond donors (Lipinski definition) is 0. The average molecular weight is 386 g/mol. The lowest BCUT2D eigenvalue weighted by Gasteiger charge is -2.25. The number of amides is 1. The lowest BCUT2D eigenvalue weighted by molar-refractivity contribution is 0.0970. The number of aryl methyl sites for hydroxylation is 1. The lowest BCUT2D eigenvalue weighted by atomic mass is 9.98. The van der Waals surface area contributed by atoms with Gasteiger partial charge in [0.25, 0.3) is 5.91 Å². The first-order valence-electron chi connectivity index (χ1n) is 9.13.